The van der Waals surface area contributed by atoms with Gasteiger partial charge in [-0.25, -0.2) is 4.79 Å². The number of amides is 1. The van der Waals surface area contributed by atoms with Crippen LogP contribution in [0, 0.1) is 6.92 Å². The molecule has 136 valence electrons. The normalized spacial score (nSPS) is 20.5. The predicted molar refractivity (Wildman–Crippen MR) is 98.2 cm³/mol. The monoisotopic (exact) mass is 362 g/mol. The summed E-state index contributed by atoms with van der Waals surface area (Å²) in [6.45, 7) is 3.80. The van der Waals surface area contributed by atoms with Crippen LogP contribution in [0.4, 0.5) is 10.5 Å². The molecule has 1 aromatic carbocycles. The number of rotatable bonds is 3. The quantitative estimate of drug-likeness (QED) is 0.705. The highest BCUT2D eigenvalue weighted by molar-refractivity contribution is 5.94. The molecule has 0 aliphatic carbocycles. The summed E-state index contributed by atoms with van der Waals surface area (Å²) in [4.78, 5) is 18.4. The Kier molecular flexibility index (Phi) is 3.50. The number of cyclic esters (lactones) is 1. The lowest BCUT2D eigenvalue weighted by Crippen LogP contribution is -2.32. The van der Waals surface area contributed by atoms with Crippen LogP contribution in [-0.2, 0) is 11.2 Å². The summed E-state index contributed by atoms with van der Waals surface area (Å²) in [6.07, 6.45) is 3.18. The molecule has 4 heterocycles. The largest absolute Gasteiger partial charge is 0.444 e. The molecule has 2 aliphatic rings. The maximum atomic E-state index is 12.2. The van der Waals surface area contributed by atoms with E-state index in [1.54, 1.807) is 18.0 Å². The van der Waals surface area contributed by atoms with Crippen molar-refractivity contribution in [2.75, 3.05) is 4.90 Å². The zero-order valence-electron chi connectivity index (χ0n) is 15.0. The Labute approximate surface area is 156 Å². The lowest BCUT2D eigenvalue weighted by atomic mass is 10.00. The van der Waals surface area contributed by atoms with Gasteiger partial charge in [0.1, 0.15) is 11.8 Å². The Morgan fingerprint density at radius 1 is 1.19 bits per heavy atom. The molecule has 0 N–H and O–H groups in total. The van der Waals surface area contributed by atoms with Gasteiger partial charge < -0.3 is 9.15 Å². The third-order valence-electron chi connectivity index (χ3n) is 5.22. The van der Waals surface area contributed by atoms with Crippen LogP contribution in [0.3, 0.4) is 0 Å². The molecule has 2 atom stereocenters. The van der Waals surface area contributed by atoms with E-state index in [2.05, 4.69) is 21.2 Å². The fourth-order valence-corrected chi connectivity index (χ4v) is 3.90. The average Bonchev–Trinajstić information content (AvgIpc) is 3.36. The van der Waals surface area contributed by atoms with Gasteiger partial charge in [-0.15, -0.1) is 10.2 Å². The van der Waals surface area contributed by atoms with E-state index in [1.165, 1.54) is 5.56 Å². The Morgan fingerprint density at radius 2 is 2.04 bits per heavy atom. The number of aryl methyl sites for hydroxylation is 1. The number of carbonyl (C=O) groups is 1. The third kappa shape index (κ3) is 2.50. The fraction of sp³-hybridized carbons (Fsp3) is 0.300. The van der Waals surface area contributed by atoms with Gasteiger partial charge in [0.25, 0.3) is 5.89 Å². The van der Waals surface area contributed by atoms with Gasteiger partial charge in [-0.1, -0.05) is 19.1 Å². The summed E-state index contributed by atoms with van der Waals surface area (Å²) >= 11 is 0. The highest BCUT2D eigenvalue weighted by Crippen LogP contribution is 2.41. The van der Waals surface area contributed by atoms with Crippen molar-refractivity contribution in [3.05, 3.63) is 48.0 Å². The van der Waals surface area contributed by atoms with Crippen molar-refractivity contribution in [1.82, 2.24) is 15.2 Å². The van der Waals surface area contributed by atoms with Crippen molar-refractivity contribution < 1.29 is 13.9 Å². The molecule has 5 rings (SSSR count). The molecule has 0 radical (unpaired) electrons. The second-order valence-electron chi connectivity index (χ2n) is 6.87. The van der Waals surface area contributed by atoms with Crippen LogP contribution >= 0.6 is 0 Å². The number of carbonyl (C=O) groups excluding carboxylic acids is 1. The fourth-order valence-electron chi connectivity index (χ4n) is 3.90. The van der Waals surface area contributed by atoms with Gasteiger partial charge in [-0.05, 0) is 42.2 Å². The van der Waals surface area contributed by atoms with Gasteiger partial charge in [0.2, 0.25) is 5.89 Å². The summed E-state index contributed by atoms with van der Waals surface area (Å²) in [5.74, 6) is 0.928. The number of anilines is 1. The standard InChI is InChI=1S/C20H18N4O3/c1-3-18-17-9-14-8-12(5-7-16(14)24(17)20(25)27-18)13-4-6-15(21-10-13)19-23-22-11(2)26-19/h4-8,10,17-18H,3,9H2,1-2H3. The maximum absolute atomic E-state index is 12.2. The smallest absolute Gasteiger partial charge is 0.415 e. The molecule has 1 fully saturated rings. The van der Waals surface area contributed by atoms with E-state index in [0.717, 1.165) is 29.7 Å². The van der Waals surface area contributed by atoms with Crippen molar-refractivity contribution >= 4 is 11.8 Å². The van der Waals surface area contributed by atoms with Crippen LogP contribution in [0.5, 0.6) is 0 Å². The van der Waals surface area contributed by atoms with E-state index >= 15 is 0 Å². The number of hydrogen-bond donors (Lipinski definition) is 0. The Morgan fingerprint density at radius 3 is 2.74 bits per heavy atom. The molecule has 0 spiro atoms. The SMILES string of the molecule is CCC1OC(=O)N2c3ccc(-c4ccc(-c5nnc(C)o5)nc4)cc3CC12. The first-order chi connectivity index (χ1) is 13.1. The summed E-state index contributed by atoms with van der Waals surface area (Å²) in [6, 6.07) is 10.1. The van der Waals surface area contributed by atoms with Gasteiger partial charge in [0, 0.05) is 18.7 Å². The van der Waals surface area contributed by atoms with Crippen LogP contribution in [0.25, 0.3) is 22.7 Å². The van der Waals surface area contributed by atoms with Gasteiger partial charge in [-0.3, -0.25) is 9.88 Å². The molecule has 2 aromatic heterocycles. The average molecular weight is 362 g/mol. The zero-order chi connectivity index (χ0) is 18.5. The van der Waals surface area contributed by atoms with E-state index in [9.17, 15) is 4.79 Å². The van der Waals surface area contributed by atoms with Gasteiger partial charge >= 0.3 is 6.09 Å². The van der Waals surface area contributed by atoms with E-state index in [-0.39, 0.29) is 18.2 Å². The van der Waals surface area contributed by atoms with Crippen LogP contribution < -0.4 is 4.90 Å². The second-order valence-corrected chi connectivity index (χ2v) is 6.87. The van der Waals surface area contributed by atoms with E-state index in [0.29, 0.717) is 17.5 Å². The zero-order valence-corrected chi connectivity index (χ0v) is 15.0. The number of benzene rings is 1. The molecular weight excluding hydrogens is 344 g/mol. The minimum Gasteiger partial charge on any atom is -0.444 e. The molecule has 7 nitrogen and oxygen atoms in total. The Hall–Kier alpha value is -3.22. The van der Waals surface area contributed by atoms with Crippen molar-refractivity contribution in [1.29, 1.82) is 0 Å². The van der Waals surface area contributed by atoms with Crippen molar-refractivity contribution in [2.45, 2.75) is 38.8 Å². The first kappa shape index (κ1) is 16.0. The van der Waals surface area contributed by atoms with E-state index in [4.69, 9.17) is 9.15 Å². The minimum atomic E-state index is -0.237. The lowest BCUT2D eigenvalue weighted by molar-refractivity contribution is 0.129. The molecule has 27 heavy (non-hydrogen) atoms. The molecule has 3 aromatic rings. The number of ether oxygens (including phenoxy) is 1. The summed E-state index contributed by atoms with van der Waals surface area (Å²) in [5.41, 5.74) is 4.84. The van der Waals surface area contributed by atoms with Gasteiger partial charge in [-0.2, -0.15) is 0 Å². The predicted octanol–water partition coefficient (Wildman–Crippen LogP) is 3.77. The minimum absolute atomic E-state index is 0.0350. The Balaban J connectivity index is 1.45. The number of fused-ring (bicyclic) bond motifs is 3. The highest BCUT2D eigenvalue weighted by atomic mass is 16.6. The maximum Gasteiger partial charge on any atom is 0.415 e. The van der Waals surface area contributed by atoms with Crippen LogP contribution in [0.2, 0.25) is 0 Å². The summed E-state index contributed by atoms with van der Waals surface area (Å²) < 4.78 is 10.9. The van der Waals surface area contributed by atoms with Crippen LogP contribution in [-0.4, -0.2) is 33.4 Å². The third-order valence-corrected chi connectivity index (χ3v) is 5.22. The van der Waals surface area contributed by atoms with Crippen molar-refractivity contribution in [3.8, 4) is 22.7 Å². The second kappa shape index (κ2) is 5.90. The molecule has 0 saturated carbocycles. The molecular formula is C20H18N4O3. The number of nitrogens with zero attached hydrogens (tertiary/aromatic N) is 4. The first-order valence-corrected chi connectivity index (χ1v) is 9.03. The highest BCUT2D eigenvalue weighted by Gasteiger charge is 2.46. The molecule has 2 aliphatic heterocycles. The Bertz CT molecular complexity index is 1030. The molecule has 2 unspecified atom stereocenters. The lowest BCUT2D eigenvalue weighted by Gasteiger charge is -2.15. The molecule has 1 saturated heterocycles. The molecule has 7 heteroatoms. The topological polar surface area (TPSA) is 81.4 Å². The number of pyridine rings is 1. The molecule has 1 amide bonds. The summed E-state index contributed by atoms with van der Waals surface area (Å²) in [7, 11) is 0. The van der Waals surface area contributed by atoms with Crippen LogP contribution in [0.1, 0.15) is 24.8 Å². The number of hydrogen-bond acceptors (Lipinski definition) is 6. The van der Waals surface area contributed by atoms with Gasteiger partial charge in [0.15, 0.2) is 0 Å². The van der Waals surface area contributed by atoms with Gasteiger partial charge in [0.05, 0.1) is 11.7 Å². The van der Waals surface area contributed by atoms with E-state index < -0.39 is 0 Å². The first-order valence-electron chi connectivity index (χ1n) is 9.03. The van der Waals surface area contributed by atoms with Crippen molar-refractivity contribution in [3.63, 3.8) is 0 Å². The van der Waals surface area contributed by atoms with Crippen LogP contribution in [0.15, 0.2) is 40.9 Å². The van der Waals surface area contributed by atoms with Crippen molar-refractivity contribution in [2.24, 2.45) is 0 Å². The summed E-state index contributed by atoms with van der Waals surface area (Å²) in [5, 5.41) is 7.82. The number of aromatic nitrogens is 3. The van der Waals surface area contributed by atoms with E-state index in [1.807, 2.05) is 31.2 Å². The molecule has 0 bridgehead atoms.